The molecular formula is C11H11ClN2O2S3. The summed E-state index contributed by atoms with van der Waals surface area (Å²) in [7, 11) is -3.48. The standard InChI is InChI=1S/C11H11ClN2O2S3/c1-7-10(18-11(12)13-7)19(15,16)14-4-2-9-8(6-14)3-5-17-9/h3,5H,2,4,6H2,1H3. The summed E-state index contributed by atoms with van der Waals surface area (Å²) in [6.45, 7) is 2.64. The Bertz CT molecular complexity index is 720. The van der Waals surface area contributed by atoms with Crippen LogP contribution in [0.1, 0.15) is 16.1 Å². The van der Waals surface area contributed by atoms with Gasteiger partial charge in [-0.3, -0.25) is 0 Å². The topological polar surface area (TPSA) is 50.3 Å². The SMILES string of the molecule is Cc1nc(Cl)sc1S(=O)(=O)N1CCc2sccc2C1. The predicted octanol–water partition coefficient (Wildman–Crippen LogP) is 2.91. The average Bonchev–Trinajstić information content (AvgIpc) is 2.94. The number of sulfonamides is 1. The molecule has 3 heterocycles. The van der Waals surface area contributed by atoms with E-state index in [-0.39, 0.29) is 8.68 Å². The van der Waals surface area contributed by atoms with Gasteiger partial charge in [0, 0.05) is 18.0 Å². The Labute approximate surface area is 124 Å². The van der Waals surface area contributed by atoms with E-state index < -0.39 is 10.0 Å². The predicted molar refractivity (Wildman–Crippen MR) is 77.5 cm³/mol. The van der Waals surface area contributed by atoms with Gasteiger partial charge in [-0.2, -0.15) is 4.31 Å². The average molecular weight is 335 g/mol. The van der Waals surface area contributed by atoms with E-state index in [0.717, 1.165) is 23.3 Å². The molecule has 0 bridgehead atoms. The van der Waals surface area contributed by atoms with E-state index in [2.05, 4.69) is 4.98 Å². The van der Waals surface area contributed by atoms with Crippen LogP contribution < -0.4 is 0 Å². The van der Waals surface area contributed by atoms with Gasteiger partial charge in [-0.05, 0) is 30.4 Å². The van der Waals surface area contributed by atoms with E-state index in [1.165, 1.54) is 9.18 Å². The van der Waals surface area contributed by atoms with Crippen molar-refractivity contribution in [2.24, 2.45) is 0 Å². The molecule has 4 nitrogen and oxygen atoms in total. The molecular weight excluding hydrogens is 324 g/mol. The first-order chi connectivity index (χ1) is 8.98. The van der Waals surface area contributed by atoms with Crippen LogP contribution in [0.5, 0.6) is 0 Å². The van der Waals surface area contributed by atoms with Crippen molar-refractivity contribution in [3.8, 4) is 0 Å². The fourth-order valence-electron chi connectivity index (χ4n) is 2.13. The number of aromatic nitrogens is 1. The highest BCUT2D eigenvalue weighted by Crippen LogP contribution is 2.33. The van der Waals surface area contributed by atoms with Crippen molar-refractivity contribution in [1.29, 1.82) is 0 Å². The van der Waals surface area contributed by atoms with E-state index in [4.69, 9.17) is 11.6 Å². The van der Waals surface area contributed by atoms with Crippen LogP contribution in [0.2, 0.25) is 4.47 Å². The van der Waals surface area contributed by atoms with Crippen LogP contribution in [0.4, 0.5) is 0 Å². The molecule has 0 unspecified atom stereocenters. The first-order valence-electron chi connectivity index (χ1n) is 5.67. The van der Waals surface area contributed by atoms with Crippen LogP contribution in [-0.2, 0) is 23.0 Å². The molecule has 102 valence electrons. The minimum absolute atomic E-state index is 0.260. The quantitative estimate of drug-likeness (QED) is 0.848. The van der Waals surface area contributed by atoms with Crippen molar-refractivity contribution < 1.29 is 8.42 Å². The van der Waals surface area contributed by atoms with Crippen LogP contribution in [-0.4, -0.2) is 24.3 Å². The zero-order chi connectivity index (χ0) is 13.6. The summed E-state index contributed by atoms with van der Waals surface area (Å²) < 4.78 is 27.2. The number of nitrogens with zero attached hydrogens (tertiary/aromatic N) is 2. The number of fused-ring (bicyclic) bond motifs is 1. The molecule has 0 aliphatic carbocycles. The minimum atomic E-state index is -3.48. The van der Waals surface area contributed by atoms with Crippen molar-refractivity contribution in [3.63, 3.8) is 0 Å². The van der Waals surface area contributed by atoms with Crippen LogP contribution in [0, 0.1) is 6.92 Å². The first-order valence-corrected chi connectivity index (χ1v) is 9.18. The lowest BCUT2D eigenvalue weighted by atomic mass is 10.1. The maximum Gasteiger partial charge on any atom is 0.254 e. The monoisotopic (exact) mass is 334 g/mol. The Kier molecular flexibility index (Phi) is 3.43. The van der Waals surface area contributed by atoms with E-state index >= 15 is 0 Å². The normalized spacial score (nSPS) is 16.5. The summed E-state index contributed by atoms with van der Waals surface area (Å²) in [6.07, 6.45) is 0.776. The number of thiazole rings is 1. The van der Waals surface area contributed by atoms with E-state index in [1.54, 1.807) is 18.3 Å². The Morgan fingerprint density at radius 3 is 2.95 bits per heavy atom. The van der Waals surface area contributed by atoms with Gasteiger partial charge < -0.3 is 0 Å². The molecule has 0 saturated carbocycles. The molecule has 0 amide bonds. The second-order valence-corrected chi connectivity index (χ2v) is 9.01. The van der Waals surface area contributed by atoms with Crippen molar-refractivity contribution in [2.75, 3.05) is 6.54 Å². The molecule has 1 aliphatic heterocycles. The van der Waals surface area contributed by atoms with Crippen molar-refractivity contribution in [2.45, 2.75) is 24.1 Å². The molecule has 1 aliphatic rings. The summed E-state index contributed by atoms with van der Waals surface area (Å²) >= 11 is 8.51. The highest BCUT2D eigenvalue weighted by Gasteiger charge is 2.31. The molecule has 0 atom stereocenters. The number of hydrogen-bond donors (Lipinski definition) is 0. The number of aryl methyl sites for hydroxylation is 1. The van der Waals surface area contributed by atoms with Crippen LogP contribution in [0.15, 0.2) is 15.7 Å². The van der Waals surface area contributed by atoms with Crippen LogP contribution >= 0.6 is 34.3 Å². The van der Waals surface area contributed by atoms with E-state index in [9.17, 15) is 8.42 Å². The summed E-state index contributed by atoms with van der Waals surface area (Å²) in [5, 5.41) is 2.01. The van der Waals surface area contributed by atoms with E-state index in [0.29, 0.717) is 18.8 Å². The molecule has 0 N–H and O–H groups in total. The highest BCUT2D eigenvalue weighted by molar-refractivity contribution is 7.91. The van der Waals surface area contributed by atoms with Gasteiger partial charge >= 0.3 is 0 Å². The summed E-state index contributed by atoms with van der Waals surface area (Å²) in [6, 6.07) is 1.99. The summed E-state index contributed by atoms with van der Waals surface area (Å²) in [5.41, 5.74) is 1.58. The Morgan fingerprint density at radius 1 is 1.47 bits per heavy atom. The Balaban J connectivity index is 1.96. The van der Waals surface area contributed by atoms with Gasteiger partial charge in [0.2, 0.25) is 0 Å². The highest BCUT2D eigenvalue weighted by atomic mass is 35.5. The molecule has 0 aromatic carbocycles. The number of halogens is 1. The Hall–Kier alpha value is -0.470. The fraction of sp³-hybridized carbons (Fsp3) is 0.364. The number of rotatable bonds is 2. The van der Waals surface area contributed by atoms with Gasteiger partial charge in [0.15, 0.2) is 8.68 Å². The lowest BCUT2D eigenvalue weighted by Gasteiger charge is -2.25. The molecule has 2 aromatic rings. The second-order valence-electron chi connectivity index (χ2n) is 4.30. The molecule has 0 radical (unpaired) electrons. The third kappa shape index (κ3) is 2.34. The third-order valence-corrected chi connectivity index (χ3v) is 7.79. The molecule has 0 fully saturated rings. The molecule has 2 aromatic heterocycles. The summed E-state index contributed by atoms with van der Waals surface area (Å²) in [4.78, 5) is 5.27. The van der Waals surface area contributed by atoms with Gasteiger partial charge in [0.05, 0.1) is 5.69 Å². The van der Waals surface area contributed by atoms with Crippen molar-refractivity contribution in [3.05, 3.63) is 32.0 Å². The van der Waals surface area contributed by atoms with Gasteiger partial charge in [-0.15, -0.1) is 11.3 Å². The third-order valence-electron chi connectivity index (χ3n) is 3.07. The van der Waals surface area contributed by atoms with E-state index in [1.807, 2.05) is 11.4 Å². The summed E-state index contributed by atoms with van der Waals surface area (Å²) in [5.74, 6) is 0. The second kappa shape index (κ2) is 4.82. The maximum atomic E-state index is 12.6. The fourth-order valence-corrected chi connectivity index (χ4v) is 6.32. The zero-order valence-corrected chi connectivity index (χ0v) is 13.3. The number of thiophene rings is 1. The van der Waals surface area contributed by atoms with Crippen molar-refractivity contribution in [1.82, 2.24) is 9.29 Å². The Morgan fingerprint density at radius 2 is 2.26 bits per heavy atom. The van der Waals surface area contributed by atoms with Crippen molar-refractivity contribution >= 4 is 44.3 Å². The molecule has 3 rings (SSSR count). The molecule has 0 saturated heterocycles. The van der Waals surface area contributed by atoms with Gasteiger partial charge in [0.1, 0.15) is 0 Å². The van der Waals surface area contributed by atoms with Crippen LogP contribution in [0.3, 0.4) is 0 Å². The molecule has 0 spiro atoms. The first kappa shape index (κ1) is 13.5. The molecule has 19 heavy (non-hydrogen) atoms. The smallest absolute Gasteiger partial charge is 0.229 e. The zero-order valence-electron chi connectivity index (χ0n) is 10.1. The van der Waals surface area contributed by atoms with Crippen LogP contribution in [0.25, 0.3) is 0 Å². The number of hydrogen-bond acceptors (Lipinski definition) is 5. The van der Waals surface area contributed by atoms with Gasteiger partial charge in [-0.1, -0.05) is 22.9 Å². The maximum absolute atomic E-state index is 12.6. The lowest BCUT2D eigenvalue weighted by molar-refractivity contribution is 0.395. The lowest BCUT2D eigenvalue weighted by Crippen LogP contribution is -2.35. The van der Waals surface area contributed by atoms with Gasteiger partial charge in [0.25, 0.3) is 10.0 Å². The largest absolute Gasteiger partial charge is 0.254 e. The van der Waals surface area contributed by atoms with Gasteiger partial charge in [-0.25, -0.2) is 13.4 Å². The minimum Gasteiger partial charge on any atom is -0.229 e. The molecule has 8 heteroatoms.